The van der Waals surface area contributed by atoms with Gasteiger partial charge in [-0.1, -0.05) is 0 Å². The lowest BCUT2D eigenvalue weighted by molar-refractivity contribution is -0.444. The molecule has 2 aliphatic rings. The van der Waals surface area contributed by atoms with Crippen LogP contribution in [0.25, 0.3) is 22.3 Å². The SMILES string of the molecule is Nc1nc2c(ncn2[C@]2(O[C@@]3(n4cnc5c(=O)[nH]c(N)nc54)O[C@H](CO)[C@@H](O)[C@H]3O)O[C@H](CO)[C@@H](O)C2O)c(=O)[nH]1. The zero-order valence-electron chi connectivity index (χ0n) is 20.6. The summed E-state index contributed by atoms with van der Waals surface area (Å²) >= 11 is 0. The van der Waals surface area contributed by atoms with Crippen LogP contribution in [0.3, 0.4) is 0 Å². The molecule has 4 aromatic rings. The summed E-state index contributed by atoms with van der Waals surface area (Å²) in [4.78, 5) is 45.4. The fraction of sp³-hybridized carbons (Fsp3) is 0.500. The molecule has 8 atom stereocenters. The van der Waals surface area contributed by atoms with Gasteiger partial charge < -0.3 is 51.6 Å². The van der Waals surface area contributed by atoms with E-state index in [0.717, 1.165) is 21.8 Å². The van der Waals surface area contributed by atoms with Gasteiger partial charge in [-0.25, -0.2) is 9.97 Å². The number of nitrogen functional groups attached to an aromatic ring is 2. The number of H-pyrrole nitrogens is 2. The number of aromatic amines is 2. The number of aromatic nitrogens is 8. The van der Waals surface area contributed by atoms with E-state index in [1.165, 1.54) is 0 Å². The Balaban J connectivity index is 1.65. The number of nitrogens with one attached hydrogen (secondary N) is 2. The minimum Gasteiger partial charge on any atom is -0.394 e. The quantitative estimate of drug-likeness (QED) is 0.101. The van der Waals surface area contributed by atoms with E-state index in [1.807, 2.05) is 0 Å². The highest BCUT2D eigenvalue weighted by Gasteiger charge is 2.67. The van der Waals surface area contributed by atoms with Gasteiger partial charge in [-0.3, -0.25) is 33.4 Å². The zero-order chi connectivity index (χ0) is 29.4. The average molecular weight is 580 g/mol. The monoisotopic (exact) mass is 580 g/mol. The number of nitrogens with two attached hydrogens (primary N) is 2. The van der Waals surface area contributed by atoms with Crippen molar-refractivity contribution in [3.63, 3.8) is 0 Å². The summed E-state index contributed by atoms with van der Waals surface area (Å²) in [6, 6.07) is 0. The Bertz CT molecular complexity index is 1630. The normalized spacial score (nSPS) is 33.8. The Morgan fingerprint density at radius 2 is 1.20 bits per heavy atom. The van der Waals surface area contributed by atoms with Crippen LogP contribution in [0.15, 0.2) is 22.2 Å². The molecule has 0 radical (unpaired) electrons. The number of imidazole rings is 2. The summed E-state index contributed by atoms with van der Waals surface area (Å²) in [5.41, 5.74) is 8.52. The first-order valence-corrected chi connectivity index (χ1v) is 11.9. The van der Waals surface area contributed by atoms with E-state index >= 15 is 0 Å². The van der Waals surface area contributed by atoms with E-state index in [9.17, 15) is 40.2 Å². The third-order valence-electron chi connectivity index (χ3n) is 6.97. The molecule has 0 amide bonds. The van der Waals surface area contributed by atoms with Gasteiger partial charge in [-0.2, -0.15) is 9.97 Å². The topological polar surface area (TPSA) is 328 Å². The highest BCUT2D eigenvalue weighted by Crippen LogP contribution is 2.47. The van der Waals surface area contributed by atoms with Crippen LogP contribution in [0.4, 0.5) is 11.9 Å². The second kappa shape index (κ2) is 9.23. The third kappa shape index (κ3) is 3.69. The van der Waals surface area contributed by atoms with E-state index in [-0.39, 0.29) is 34.2 Å². The maximum absolute atomic E-state index is 12.5. The van der Waals surface area contributed by atoms with Crippen LogP contribution >= 0.6 is 0 Å². The van der Waals surface area contributed by atoms with Crippen molar-refractivity contribution in [3.05, 3.63) is 33.4 Å². The van der Waals surface area contributed by atoms with Gasteiger partial charge in [0.1, 0.15) is 37.1 Å². The fourth-order valence-corrected chi connectivity index (χ4v) is 5.03. The van der Waals surface area contributed by atoms with Crippen LogP contribution in [0.5, 0.6) is 0 Å². The molecule has 12 N–H and O–H groups in total. The van der Waals surface area contributed by atoms with Crippen LogP contribution in [0.1, 0.15) is 0 Å². The van der Waals surface area contributed by atoms with Crippen LogP contribution < -0.4 is 22.6 Å². The number of aliphatic hydroxyl groups excluding tert-OH is 6. The first kappa shape index (κ1) is 27.1. The van der Waals surface area contributed by atoms with E-state index in [0.29, 0.717) is 0 Å². The molecule has 21 nitrogen and oxygen atoms in total. The summed E-state index contributed by atoms with van der Waals surface area (Å²) in [6.45, 7) is -1.71. The number of hydrogen-bond donors (Lipinski definition) is 10. The van der Waals surface area contributed by atoms with Crippen molar-refractivity contribution in [2.24, 2.45) is 0 Å². The molecule has 41 heavy (non-hydrogen) atoms. The van der Waals surface area contributed by atoms with E-state index in [1.54, 1.807) is 0 Å². The Morgan fingerprint density at radius 1 is 0.805 bits per heavy atom. The second-order valence-electron chi connectivity index (χ2n) is 9.39. The number of fused-ring (bicyclic) bond motifs is 2. The Morgan fingerprint density at radius 3 is 1.54 bits per heavy atom. The smallest absolute Gasteiger partial charge is 0.292 e. The van der Waals surface area contributed by atoms with E-state index < -0.39 is 72.8 Å². The first-order valence-electron chi connectivity index (χ1n) is 11.9. The maximum atomic E-state index is 12.5. The van der Waals surface area contributed by atoms with Gasteiger partial charge in [0.05, 0.1) is 13.2 Å². The third-order valence-corrected chi connectivity index (χ3v) is 6.97. The molecule has 0 bridgehead atoms. The minimum absolute atomic E-state index is 0.316. The van der Waals surface area contributed by atoms with Gasteiger partial charge in [-0.15, -0.1) is 0 Å². The highest BCUT2D eigenvalue weighted by atomic mass is 16.8. The molecular weight excluding hydrogens is 556 g/mol. The molecule has 6 rings (SSSR count). The number of aliphatic hydroxyl groups is 6. The molecule has 2 saturated heterocycles. The number of rotatable bonds is 6. The standard InChI is InChI=1S/C20H24N10O11/c21-17-25-13-7(15(37)27-17)23-3-29(13)19(11(35)9(33)5(1-31)39-19)41-20(12(36)10(34)6(2-32)40-20)30-4-24-8-14(30)26-18(22)28-16(8)38/h3-6,9-12,31-36H,1-2H2,(H3,21,25,27,37)(H3,22,26,28,38)/t5-,6-,9-,10-,11-,12?,19+,20+/m1/s1. The van der Waals surface area contributed by atoms with Gasteiger partial charge in [0.25, 0.3) is 22.9 Å². The molecule has 0 saturated carbocycles. The summed E-state index contributed by atoms with van der Waals surface area (Å²) in [5, 5.41) is 64.0. The predicted molar refractivity (Wildman–Crippen MR) is 130 cm³/mol. The van der Waals surface area contributed by atoms with Gasteiger partial charge in [0, 0.05) is 0 Å². The van der Waals surface area contributed by atoms with Gasteiger partial charge >= 0.3 is 0 Å². The molecule has 2 fully saturated rings. The maximum Gasteiger partial charge on any atom is 0.292 e. The van der Waals surface area contributed by atoms with Crippen LogP contribution in [-0.2, 0) is 26.0 Å². The van der Waals surface area contributed by atoms with Gasteiger partial charge in [0.15, 0.2) is 34.5 Å². The van der Waals surface area contributed by atoms with Crippen molar-refractivity contribution in [1.29, 1.82) is 0 Å². The van der Waals surface area contributed by atoms with Crippen molar-refractivity contribution >= 4 is 34.2 Å². The van der Waals surface area contributed by atoms with Crippen molar-refractivity contribution < 1.29 is 44.8 Å². The number of hydrogen-bond acceptors (Lipinski definition) is 17. The number of nitrogens with zero attached hydrogens (tertiary/aromatic N) is 6. The van der Waals surface area contributed by atoms with Crippen LogP contribution in [-0.4, -0.2) is 120 Å². The molecule has 0 aliphatic carbocycles. The molecule has 2 aliphatic heterocycles. The highest BCUT2D eigenvalue weighted by molar-refractivity contribution is 5.71. The Labute approximate surface area is 225 Å². The summed E-state index contributed by atoms with van der Waals surface area (Å²) in [7, 11) is 0. The summed E-state index contributed by atoms with van der Waals surface area (Å²) in [6.07, 6.45) is -9.21. The molecular formula is C20H24N10O11. The molecule has 0 spiro atoms. The van der Waals surface area contributed by atoms with Crippen molar-refractivity contribution in [2.75, 3.05) is 24.7 Å². The van der Waals surface area contributed by atoms with Crippen molar-refractivity contribution in [1.82, 2.24) is 39.0 Å². The molecule has 4 aromatic heterocycles. The zero-order valence-corrected chi connectivity index (χ0v) is 20.6. The average Bonchev–Trinajstić information content (AvgIpc) is 3.66. The molecule has 1 unspecified atom stereocenters. The van der Waals surface area contributed by atoms with Crippen LogP contribution in [0.2, 0.25) is 0 Å². The van der Waals surface area contributed by atoms with Gasteiger partial charge in [0.2, 0.25) is 11.9 Å². The fourth-order valence-electron chi connectivity index (χ4n) is 5.03. The Kier molecular flexibility index (Phi) is 6.11. The largest absolute Gasteiger partial charge is 0.394 e. The Hall–Kier alpha value is -4.06. The van der Waals surface area contributed by atoms with Crippen molar-refractivity contribution in [2.45, 2.75) is 48.4 Å². The van der Waals surface area contributed by atoms with Crippen molar-refractivity contribution in [3.8, 4) is 0 Å². The second-order valence-corrected chi connectivity index (χ2v) is 9.39. The predicted octanol–water partition coefficient (Wildman–Crippen LogP) is -6.12. The lowest BCUT2D eigenvalue weighted by Crippen LogP contribution is -2.58. The first-order chi connectivity index (χ1) is 19.5. The molecule has 6 heterocycles. The summed E-state index contributed by atoms with van der Waals surface area (Å²) < 4.78 is 19.6. The molecule has 220 valence electrons. The van der Waals surface area contributed by atoms with E-state index in [2.05, 4.69) is 29.9 Å². The van der Waals surface area contributed by atoms with Crippen LogP contribution in [0, 0.1) is 0 Å². The van der Waals surface area contributed by atoms with E-state index in [4.69, 9.17) is 25.7 Å². The summed E-state index contributed by atoms with van der Waals surface area (Å²) in [5.74, 6) is -6.28. The van der Waals surface area contributed by atoms with Gasteiger partial charge in [-0.05, 0) is 0 Å². The minimum atomic E-state index is -2.76. The molecule has 21 heteroatoms. The number of ether oxygens (including phenoxy) is 3. The molecule has 0 aromatic carbocycles. The number of anilines is 2. The lowest BCUT2D eigenvalue weighted by Gasteiger charge is -2.42. The lowest BCUT2D eigenvalue weighted by atomic mass is 10.1.